The number of thioether (sulfide) groups is 1. The Morgan fingerprint density at radius 1 is 1.64 bits per heavy atom. The van der Waals surface area contributed by atoms with E-state index in [4.69, 9.17) is 5.73 Å². The maximum Gasteiger partial charge on any atom is 0.151 e. The fourth-order valence-electron chi connectivity index (χ4n) is 1.70. The number of aromatic nitrogens is 1. The van der Waals surface area contributed by atoms with Gasteiger partial charge in [-0.25, -0.2) is 4.98 Å². The second-order valence-electron chi connectivity index (χ2n) is 3.54. The van der Waals surface area contributed by atoms with Gasteiger partial charge in [-0.3, -0.25) is 0 Å². The highest BCUT2D eigenvalue weighted by Gasteiger charge is 2.21. The molecule has 1 aromatic heterocycles. The highest BCUT2D eigenvalue weighted by Crippen LogP contribution is 2.27. The van der Waals surface area contributed by atoms with Gasteiger partial charge < -0.3 is 10.6 Å². The number of rotatable bonds is 2. The number of pyridine rings is 1. The quantitative estimate of drug-likeness (QED) is 0.803. The van der Waals surface area contributed by atoms with Gasteiger partial charge in [0, 0.05) is 25.0 Å². The molecule has 2 heterocycles. The molecule has 0 aliphatic carbocycles. The first-order valence-corrected chi connectivity index (χ1v) is 5.95. The molecule has 2 N–H and O–H groups in total. The van der Waals surface area contributed by atoms with E-state index >= 15 is 0 Å². The average molecular weight is 209 g/mol. The fourth-order valence-corrected chi connectivity index (χ4v) is 2.97. The average Bonchev–Trinajstić information content (AvgIpc) is 2.70. The van der Waals surface area contributed by atoms with Crippen molar-refractivity contribution in [1.82, 2.24) is 4.98 Å². The summed E-state index contributed by atoms with van der Waals surface area (Å²) in [5.74, 6) is 3.36. The van der Waals surface area contributed by atoms with Gasteiger partial charge >= 0.3 is 0 Å². The van der Waals surface area contributed by atoms with E-state index < -0.39 is 0 Å². The number of anilines is 2. The normalized spacial score (nSPS) is 21.1. The lowest BCUT2D eigenvalue weighted by atomic mass is 10.2. The van der Waals surface area contributed by atoms with Gasteiger partial charge in [-0.1, -0.05) is 0 Å². The first-order chi connectivity index (χ1) is 6.79. The van der Waals surface area contributed by atoms with Crippen LogP contribution in [0.1, 0.15) is 6.42 Å². The van der Waals surface area contributed by atoms with Gasteiger partial charge in [-0.05, 0) is 24.3 Å². The molecule has 14 heavy (non-hydrogen) atoms. The van der Waals surface area contributed by atoms with Crippen molar-refractivity contribution in [3.63, 3.8) is 0 Å². The van der Waals surface area contributed by atoms with Crippen molar-refractivity contribution in [3.8, 4) is 0 Å². The minimum atomic E-state index is 0.595. The number of nitrogens with two attached hydrogens (primary N) is 1. The Bertz CT molecular complexity index is 310. The van der Waals surface area contributed by atoms with Crippen LogP contribution in [-0.2, 0) is 0 Å². The van der Waals surface area contributed by atoms with Crippen LogP contribution in [0.4, 0.5) is 11.5 Å². The summed E-state index contributed by atoms with van der Waals surface area (Å²) < 4.78 is 0. The van der Waals surface area contributed by atoms with E-state index in [1.807, 2.05) is 23.9 Å². The Hall–Kier alpha value is -0.900. The van der Waals surface area contributed by atoms with Gasteiger partial charge in [0.2, 0.25) is 0 Å². The summed E-state index contributed by atoms with van der Waals surface area (Å²) in [7, 11) is 2.08. The maximum absolute atomic E-state index is 5.88. The van der Waals surface area contributed by atoms with Gasteiger partial charge in [-0.15, -0.1) is 0 Å². The maximum atomic E-state index is 5.88. The molecule has 0 amide bonds. The molecule has 76 valence electrons. The van der Waals surface area contributed by atoms with Crippen molar-refractivity contribution < 1.29 is 0 Å². The van der Waals surface area contributed by atoms with Crippen LogP contribution in [-0.4, -0.2) is 29.6 Å². The summed E-state index contributed by atoms with van der Waals surface area (Å²) in [5, 5.41) is 0. The van der Waals surface area contributed by atoms with E-state index in [2.05, 4.69) is 16.9 Å². The molecule has 0 unspecified atom stereocenters. The molecule has 4 heteroatoms. The molecule has 1 aliphatic heterocycles. The molecule has 1 saturated heterocycles. The van der Waals surface area contributed by atoms with Crippen LogP contribution in [0.25, 0.3) is 0 Å². The van der Waals surface area contributed by atoms with Gasteiger partial charge in [0.25, 0.3) is 0 Å². The smallest absolute Gasteiger partial charge is 0.151 e. The minimum absolute atomic E-state index is 0.595. The second-order valence-corrected chi connectivity index (χ2v) is 4.69. The molecule has 1 atom stereocenters. The molecule has 2 rings (SSSR count). The Morgan fingerprint density at radius 3 is 3.14 bits per heavy atom. The molecular weight excluding hydrogens is 194 g/mol. The Morgan fingerprint density at radius 2 is 2.50 bits per heavy atom. The van der Waals surface area contributed by atoms with E-state index in [1.165, 1.54) is 17.9 Å². The second kappa shape index (κ2) is 4.09. The number of hydrogen-bond acceptors (Lipinski definition) is 4. The monoisotopic (exact) mass is 209 g/mol. The van der Waals surface area contributed by atoms with Crippen LogP contribution in [0.2, 0.25) is 0 Å². The summed E-state index contributed by atoms with van der Waals surface area (Å²) in [6, 6.07) is 4.37. The highest BCUT2D eigenvalue weighted by atomic mass is 32.2. The highest BCUT2D eigenvalue weighted by molar-refractivity contribution is 7.99. The number of nitrogens with zero attached hydrogens (tertiary/aromatic N) is 2. The minimum Gasteiger partial charge on any atom is -0.396 e. The summed E-state index contributed by atoms with van der Waals surface area (Å²) in [4.78, 5) is 6.52. The molecule has 0 aromatic carbocycles. The predicted octanol–water partition coefficient (Wildman–Crippen LogP) is 1.61. The molecule has 1 fully saturated rings. The molecule has 0 bridgehead atoms. The van der Waals surface area contributed by atoms with Gasteiger partial charge in [-0.2, -0.15) is 11.8 Å². The summed E-state index contributed by atoms with van der Waals surface area (Å²) in [5.41, 5.74) is 6.65. The lowest BCUT2D eigenvalue weighted by Gasteiger charge is -2.25. The van der Waals surface area contributed by atoms with Crippen LogP contribution in [0.5, 0.6) is 0 Å². The molecule has 0 radical (unpaired) electrons. The predicted molar refractivity (Wildman–Crippen MR) is 62.8 cm³/mol. The van der Waals surface area contributed by atoms with Gasteiger partial charge in [0.15, 0.2) is 5.82 Å². The lowest BCUT2D eigenvalue weighted by Crippen LogP contribution is -2.32. The fraction of sp³-hybridized carbons (Fsp3) is 0.500. The third kappa shape index (κ3) is 1.80. The molecule has 3 nitrogen and oxygen atoms in total. The van der Waals surface area contributed by atoms with Crippen LogP contribution >= 0.6 is 11.8 Å². The number of hydrogen-bond donors (Lipinski definition) is 1. The zero-order chi connectivity index (χ0) is 9.97. The first-order valence-electron chi connectivity index (χ1n) is 4.80. The third-order valence-electron chi connectivity index (χ3n) is 2.60. The van der Waals surface area contributed by atoms with E-state index in [-0.39, 0.29) is 0 Å². The van der Waals surface area contributed by atoms with E-state index in [0.29, 0.717) is 6.04 Å². The molecule has 1 aromatic rings. The van der Waals surface area contributed by atoms with Crippen molar-refractivity contribution in [2.75, 3.05) is 29.2 Å². The zero-order valence-corrected chi connectivity index (χ0v) is 9.13. The van der Waals surface area contributed by atoms with Crippen LogP contribution in [0.3, 0.4) is 0 Å². The molecule has 0 saturated carbocycles. The van der Waals surface area contributed by atoms with Crippen molar-refractivity contribution in [2.24, 2.45) is 0 Å². The topological polar surface area (TPSA) is 42.2 Å². The van der Waals surface area contributed by atoms with Crippen molar-refractivity contribution in [2.45, 2.75) is 12.5 Å². The SMILES string of the molecule is CN(c1ncccc1N)[C@@H]1CCSC1. The van der Waals surface area contributed by atoms with E-state index in [0.717, 1.165) is 11.5 Å². The summed E-state index contributed by atoms with van der Waals surface area (Å²) in [6.07, 6.45) is 3.03. The standard InChI is InChI=1S/C10H15N3S/c1-13(8-4-6-14-7-8)10-9(11)3-2-5-12-10/h2-3,5,8H,4,6-7,11H2,1H3/t8-/m1/s1. The third-order valence-corrected chi connectivity index (χ3v) is 3.75. The Balaban J connectivity index is 2.17. The Kier molecular flexibility index (Phi) is 2.82. The van der Waals surface area contributed by atoms with Gasteiger partial charge in [0.1, 0.15) is 0 Å². The number of nitrogen functional groups attached to an aromatic ring is 1. The molecular formula is C10H15N3S. The van der Waals surface area contributed by atoms with Crippen LogP contribution in [0.15, 0.2) is 18.3 Å². The summed E-state index contributed by atoms with van der Waals surface area (Å²) in [6.45, 7) is 0. The van der Waals surface area contributed by atoms with E-state index in [1.54, 1.807) is 6.20 Å². The van der Waals surface area contributed by atoms with Crippen LogP contribution in [0, 0.1) is 0 Å². The Labute approximate surface area is 88.7 Å². The lowest BCUT2D eigenvalue weighted by molar-refractivity contribution is 0.693. The summed E-state index contributed by atoms with van der Waals surface area (Å²) >= 11 is 2.00. The largest absolute Gasteiger partial charge is 0.396 e. The first kappa shape index (κ1) is 9.65. The van der Waals surface area contributed by atoms with Crippen molar-refractivity contribution >= 4 is 23.3 Å². The van der Waals surface area contributed by atoms with Crippen LogP contribution < -0.4 is 10.6 Å². The molecule has 1 aliphatic rings. The van der Waals surface area contributed by atoms with E-state index in [9.17, 15) is 0 Å². The van der Waals surface area contributed by atoms with Crippen molar-refractivity contribution in [3.05, 3.63) is 18.3 Å². The van der Waals surface area contributed by atoms with Gasteiger partial charge in [0.05, 0.1) is 5.69 Å². The van der Waals surface area contributed by atoms with Crippen molar-refractivity contribution in [1.29, 1.82) is 0 Å². The zero-order valence-electron chi connectivity index (χ0n) is 8.31. The molecule has 0 spiro atoms.